The van der Waals surface area contributed by atoms with Crippen LogP contribution in [0.15, 0.2) is 219 Å². The zero-order valence-corrected chi connectivity index (χ0v) is 28.3. The summed E-state index contributed by atoms with van der Waals surface area (Å²) in [5, 5.41) is 0. The summed E-state index contributed by atoms with van der Waals surface area (Å²) >= 11 is 0. The topological polar surface area (TPSA) is 3.24 Å². The van der Waals surface area contributed by atoms with Crippen LogP contribution in [0.3, 0.4) is 0 Å². The van der Waals surface area contributed by atoms with Gasteiger partial charge in [-0.1, -0.05) is 176 Å². The lowest BCUT2D eigenvalue weighted by atomic mass is 9.98. The van der Waals surface area contributed by atoms with Gasteiger partial charge < -0.3 is 4.90 Å². The Kier molecular flexibility index (Phi) is 9.76. The zero-order chi connectivity index (χ0) is 34.1. The van der Waals surface area contributed by atoms with Gasteiger partial charge in [0.05, 0.1) is 5.69 Å². The van der Waals surface area contributed by atoms with Crippen LogP contribution in [0.1, 0.15) is 12.5 Å². The molecule has 240 valence electrons. The molecular weight excluding hydrogens is 603 g/mol. The maximum Gasteiger partial charge on any atom is 0.0539 e. The molecular formula is C49H39N. The summed E-state index contributed by atoms with van der Waals surface area (Å²) < 4.78 is 0. The third kappa shape index (κ3) is 7.33. The second-order valence-electron chi connectivity index (χ2n) is 12.4. The first-order valence-electron chi connectivity index (χ1n) is 17.0. The summed E-state index contributed by atoms with van der Waals surface area (Å²) in [6.45, 7) is 6.79. The fourth-order valence-electron chi connectivity index (χ4n) is 6.37. The van der Waals surface area contributed by atoms with Crippen molar-refractivity contribution in [2.24, 2.45) is 0 Å². The molecule has 0 N–H and O–H groups in total. The van der Waals surface area contributed by atoms with Gasteiger partial charge in [-0.05, 0) is 93.4 Å². The minimum atomic E-state index is 0.866. The molecule has 50 heavy (non-hydrogen) atoms. The van der Waals surface area contributed by atoms with Crippen molar-refractivity contribution in [2.75, 3.05) is 4.90 Å². The van der Waals surface area contributed by atoms with Crippen molar-refractivity contribution >= 4 is 16.9 Å². The summed E-state index contributed by atoms with van der Waals surface area (Å²) in [5.74, 6) is 0. The van der Waals surface area contributed by atoms with Gasteiger partial charge in [0.25, 0.3) is 0 Å². The molecule has 0 saturated heterocycles. The Morgan fingerprint density at radius 1 is 0.460 bits per heavy atom. The van der Waals surface area contributed by atoms with E-state index in [1.165, 1.54) is 39.0 Å². The van der Waals surface area contributed by atoms with Crippen molar-refractivity contribution in [1.29, 1.82) is 0 Å². The fraction of sp³-hybridized carbons (Fsp3) is 0.0204. The van der Waals surface area contributed by atoms with E-state index < -0.39 is 0 Å². The Morgan fingerprint density at radius 2 is 0.940 bits per heavy atom. The summed E-state index contributed by atoms with van der Waals surface area (Å²) in [6.07, 6.45) is 6.38. The molecule has 7 rings (SSSR count). The Labute approximate surface area is 296 Å². The molecule has 0 atom stereocenters. The number of benzene rings is 7. The van der Waals surface area contributed by atoms with E-state index in [-0.39, 0.29) is 0 Å². The van der Waals surface area contributed by atoms with Gasteiger partial charge in [0.2, 0.25) is 0 Å². The van der Waals surface area contributed by atoms with E-state index in [1.807, 2.05) is 0 Å². The van der Waals surface area contributed by atoms with Crippen molar-refractivity contribution in [2.45, 2.75) is 6.92 Å². The monoisotopic (exact) mass is 641 g/mol. The summed E-state index contributed by atoms with van der Waals surface area (Å²) in [4.78, 5) is 2.27. The van der Waals surface area contributed by atoms with Gasteiger partial charge in [0.15, 0.2) is 0 Å². The standard InChI is InChI=1S/C49H39N/c1-37(42-26-15-27-43(34-42)39-20-6-3-7-21-39)18-14-19-38(2)50(49-33-13-12-32-48(49)41-24-10-5-11-25-41)47-31-17-30-46(36-47)45-29-16-28-44(35-45)40-22-8-4-9-23-40/h3-36H,2H2,1H3/b19-14-,37-18+. The van der Waals surface area contributed by atoms with Gasteiger partial charge >= 0.3 is 0 Å². The lowest BCUT2D eigenvalue weighted by Crippen LogP contribution is -2.15. The minimum Gasteiger partial charge on any atom is -0.310 e. The first-order chi connectivity index (χ1) is 24.6. The maximum absolute atomic E-state index is 4.63. The second kappa shape index (κ2) is 15.2. The van der Waals surface area contributed by atoms with Crippen LogP contribution >= 0.6 is 0 Å². The van der Waals surface area contributed by atoms with Crippen molar-refractivity contribution in [1.82, 2.24) is 0 Å². The van der Waals surface area contributed by atoms with Crippen LogP contribution in [-0.2, 0) is 0 Å². The van der Waals surface area contributed by atoms with Gasteiger partial charge in [0.1, 0.15) is 0 Å². The van der Waals surface area contributed by atoms with E-state index in [4.69, 9.17) is 0 Å². The molecule has 0 unspecified atom stereocenters. The van der Waals surface area contributed by atoms with E-state index in [1.54, 1.807) is 0 Å². The van der Waals surface area contributed by atoms with E-state index in [2.05, 4.69) is 225 Å². The number of rotatable bonds is 10. The number of anilines is 2. The molecule has 0 bridgehead atoms. The predicted octanol–water partition coefficient (Wildman–Crippen LogP) is 13.7. The molecule has 0 aliphatic rings. The molecule has 0 heterocycles. The van der Waals surface area contributed by atoms with Crippen LogP contribution in [0.2, 0.25) is 0 Å². The lowest BCUT2D eigenvalue weighted by Gasteiger charge is -2.28. The molecule has 0 spiro atoms. The Hall–Kier alpha value is -6.44. The highest BCUT2D eigenvalue weighted by molar-refractivity contribution is 5.86. The lowest BCUT2D eigenvalue weighted by molar-refractivity contribution is 1.22. The zero-order valence-electron chi connectivity index (χ0n) is 28.3. The molecule has 1 heteroatoms. The molecule has 0 fully saturated rings. The summed E-state index contributed by atoms with van der Waals surface area (Å²) in [7, 11) is 0. The largest absolute Gasteiger partial charge is 0.310 e. The smallest absolute Gasteiger partial charge is 0.0539 e. The highest BCUT2D eigenvalue weighted by atomic mass is 15.1. The van der Waals surface area contributed by atoms with E-state index >= 15 is 0 Å². The summed E-state index contributed by atoms with van der Waals surface area (Å²) in [6, 6.07) is 66.4. The third-order valence-corrected chi connectivity index (χ3v) is 8.98. The van der Waals surface area contributed by atoms with Crippen LogP contribution in [0.4, 0.5) is 11.4 Å². The minimum absolute atomic E-state index is 0.866. The van der Waals surface area contributed by atoms with Gasteiger partial charge in [-0.3, -0.25) is 0 Å². The number of hydrogen-bond acceptors (Lipinski definition) is 1. The summed E-state index contributed by atoms with van der Waals surface area (Å²) in [5.41, 5.74) is 14.8. The molecule has 0 aliphatic heterocycles. The number of allylic oxidation sites excluding steroid dienone is 4. The molecule has 7 aromatic rings. The third-order valence-electron chi connectivity index (χ3n) is 8.98. The number of nitrogens with zero attached hydrogens (tertiary/aromatic N) is 1. The maximum atomic E-state index is 4.63. The Morgan fingerprint density at radius 3 is 1.60 bits per heavy atom. The molecule has 1 nitrogen and oxygen atoms in total. The van der Waals surface area contributed by atoms with Crippen molar-refractivity contribution in [3.63, 3.8) is 0 Å². The molecule has 0 amide bonds. The van der Waals surface area contributed by atoms with E-state index in [9.17, 15) is 0 Å². The van der Waals surface area contributed by atoms with Gasteiger partial charge in [-0.25, -0.2) is 0 Å². The molecule has 0 aromatic heterocycles. The van der Waals surface area contributed by atoms with Crippen LogP contribution in [0.5, 0.6) is 0 Å². The van der Waals surface area contributed by atoms with Crippen molar-refractivity contribution < 1.29 is 0 Å². The first kappa shape index (κ1) is 32.1. The average Bonchev–Trinajstić information content (AvgIpc) is 3.19. The van der Waals surface area contributed by atoms with Crippen LogP contribution < -0.4 is 4.90 Å². The van der Waals surface area contributed by atoms with Gasteiger partial charge in [-0.15, -0.1) is 0 Å². The highest BCUT2D eigenvalue weighted by Gasteiger charge is 2.17. The number of para-hydroxylation sites is 1. The van der Waals surface area contributed by atoms with Crippen molar-refractivity contribution in [3.05, 3.63) is 224 Å². The normalized spacial score (nSPS) is 11.4. The van der Waals surface area contributed by atoms with E-state index in [0.29, 0.717) is 0 Å². The Balaban J connectivity index is 1.25. The van der Waals surface area contributed by atoms with Gasteiger partial charge in [0, 0.05) is 16.9 Å². The molecule has 0 aliphatic carbocycles. The molecule has 0 radical (unpaired) electrons. The van der Waals surface area contributed by atoms with Gasteiger partial charge in [-0.2, -0.15) is 0 Å². The SMILES string of the molecule is C=C(/C=C\C=C(/C)c1cccc(-c2ccccc2)c1)N(c1cccc(-c2cccc(-c3ccccc3)c2)c1)c1ccccc1-c1ccccc1. The van der Waals surface area contributed by atoms with E-state index in [0.717, 1.165) is 33.8 Å². The first-order valence-corrected chi connectivity index (χ1v) is 17.0. The molecule has 7 aromatic carbocycles. The average molecular weight is 642 g/mol. The van der Waals surface area contributed by atoms with Crippen LogP contribution in [0, 0.1) is 0 Å². The predicted molar refractivity (Wildman–Crippen MR) is 215 cm³/mol. The fourth-order valence-corrected chi connectivity index (χ4v) is 6.37. The second-order valence-corrected chi connectivity index (χ2v) is 12.4. The van der Waals surface area contributed by atoms with Crippen LogP contribution in [-0.4, -0.2) is 0 Å². The highest BCUT2D eigenvalue weighted by Crippen LogP contribution is 2.39. The Bertz CT molecular complexity index is 2280. The molecule has 0 saturated carbocycles. The van der Waals surface area contributed by atoms with Crippen LogP contribution in [0.25, 0.3) is 50.1 Å². The quantitative estimate of drug-likeness (QED) is 0.134. The van der Waals surface area contributed by atoms with Crippen molar-refractivity contribution in [3.8, 4) is 44.5 Å². The number of hydrogen-bond donors (Lipinski definition) is 0.